The molecule has 6 heteroatoms. The molecule has 0 saturated carbocycles. The van der Waals surface area contributed by atoms with Crippen LogP contribution in [-0.4, -0.2) is 35.2 Å². The maximum atomic E-state index is 12.0. The predicted molar refractivity (Wildman–Crippen MR) is 66.0 cm³/mol. The fourth-order valence-corrected chi connectivity index (χ4v) is 2.27. The molecular weight excluding hydrogens is 256 g/mol. The van der Waals surface area contributed by atoms with Crippen LogP contribution in [0, 0.1) is 0 Å². The molecule has 98 valence electrons. The highest BCUT2D eigenvalue weighted by Gasteiger charge is 2.33. The molecule has 1 fully saturated rings. The second-order valence-electron chi connectivity index (χ2n) is 4.18. The van der Waals surface area contributed by atoms with Gasteiger partial charge in [-0.15, -0.1) is 11.6 Å². The molecule has 1 saturated heterocycles. The number of amides is 2. The monoisotopic (exact) mass is 270 g/mol. The van der Waals surface area contributed by atoms with E-state index >= 15 is 0 Å². The zero-order valence-corrected chi connectivity index (χ0v) is 10.7. The van der Waals surface area contributed by atoms with Crippen molar-refractivity contribution < 1.29 is 14.0 Å². The molecule has 1 aromatic rings. The van der Waals surface area contributed by atoms with Crippen LogP contribution in [0.5, 0.6) is 0 Å². The lowest BCUT2D eigenvalue weighted by atomic mass is 10.2. The highest BCUT2D eigenvalue weighted by molar-refractivity contribution is 6.27. The maximum Gasteiger partial charge on any atom is 0.243 e. The van der Waals surface area contributed by atoms with E-state index in [1.165, 1.54) is 0 Å². The topological polar surface area (TPSA) is 62.6 Å². The minimum Gasteiger partial charge on any atom is -0.467 e. The third kappa shape index (κ3) is 2.85. The van der Waals surface area contributed by atoms with Crippen molar-refractivity contribution in [3.8, 4) is 0 Å². The molecular formula is C12H15ClN2O3. The molecule has 2 amide bonds. The Morgan fingerprint density at radius 3 is 3.06 bits per heavy atom. The molecule has 1 unspecified atom stereocenters. The Morgan fingerprint density at radius 1 is 1.56 bits per heavy atom. The van der Waals surface area contributed by atoms with Gasteiger partial charge in [-0.25, -0.2) is 0 Å². The average molecular weight is 271 g/mol. The summed E-state index contributed by atoms with van der Waals surface area (Å²) in [6, 6.07) is 3.16. The minimum absolute atomic E-state index is 0.0814. The van der Waals surface area contributed by atoms with Crippen molar-refractivity contribution >= 4 is 23.4 Å². The molecule has 1 N–H and O–H groups in total. The second-order valence-corrected chi connectivity index (χ2v) is 4.44. The molecule has 18 heavy (non-hydrogen) atoms. The van der Waals surface area contributed by atoms with Gasteiger partial charge in [-0.05, 0) is 25.0 Å². The Balaban J connectivity index is 1.89. The summed E-state index contributed by atoms with van der Waals surface area (Å²) in [5.74, 6) is 0.272. The number of hydrogen-bond acceptors (Lipinski definition) is 3. The van der Waals surface area contributed by atoms with Crippen LogP contribution in [0.15, 0.2) is 22.8 Å². The number of carbonyl (C=O) groups excluding carboxylic acids is 2. The van der Waals surface area contributed by atoms with Gasteiger partial charge in [0.1, 0.15) is 17.7 Å². The van der Waals surface area contributed by atoms with Gasteiger partial charge in [0.05, 0.1) is 12.8 Å². The molecule has 2 rings (SSSR count). The minimum atomic E-state index is -0.397. The first kappa shape index (κ1) is 13.0. The normalized spacial score (nSPS) is 18.9. The molecule has 0 bridgehead atoms. The highest BCUT2D eigenvalue weighted by atomic mass is 35.5. The van der Waals surface area contributed by atoms with E-state index in [4.69, 9.17) is 16.0 Å². The molecule has 0 aromatic carbocycles. The van der Waals surface area contributed by atoms with Gasteiger partial charge in [0.15, 0.2) is 0 Å². The summed E-state index contributed by atoms with van der Waals surface area (Å²) in [7, 11) is 0. The Hall–Kier alpha value is -1.49. The molecule has 1 aromatic heterocycles. The lowest BCUT2D eigenvalue weighted by molar-refractivity contribution is -0.136. The summed E-state index contributed by atoms with van der Waals surface area (Å²) in [6.07, 6.45) is 3.08. The van der Waals surface area contributed by atoms with E-state index in [9.17, 15) is 9.59 Å². The zero-order valence-electron chi connectivity index (χ0n) is 9.89. The number of carbonyl (C=O) groups is 2. The van der Waals surface area contributed by atoms with Gasteiger partial charge in [0, 0.05) is 6.54 Å². The highest BCUT2D eigenvalue weighted by Crippen LogP contribution is 2.18. The molecule has 0 spiro atoms. The number of rotatable bonds is 4. The van der Waals surface area contributed by atoms with Gasteiger partial charge < -0.3 is 14.6 Å². The van der Waals surface area contributed by atoms with Crippen LogP contribution in [-0.2, 0) is 16.1 Å². The Morgan fingerprint density at radius 2 is 2.39 bits per heavy atom. The lowest BCUT2D eigenvalue weighted by Gasteiger charge is -2.22. The predicted octanol–water partition coefficient (Wildman–Crippen LogP) is 1.13. The van der Waals surface area contributed by atoms with Gasteiger partial charge in [-0.1, -0.05) is 0 Å². The van der Waals surface area contributed by atoms with Gasteiger partial charge >= 0.3 is 0 Å². The average Bonchev–Trinajstić information content (AvgIpc) is 3.05. The van der Waals surface area contributed by atoms with Crippen molar-refractivity contribution in [1.29, 1.82) is 0 Å². The van der Waals surface area contributed by atoms with E-state index in [0.717, 1.165) is 6.42 Å². The van der Waals surface area contributed by atoms with E-state index in [1.54, 1.807) is 23.3 Å². The van der Waals surface area contributed by atoms with Crippen LogP contribution in [0.4, 0.5) is 0 Å². The van der Waals surface area contributed by atoms with E-state index < -0.39 is 6.04 Å². The lowest BCUT2D eigenvalue weighted by Crippen LogP contribution is -2.46. The van der Waals surface area contributed by atoms with E-state index in [2.05, 4.69) is 5.32 Å². The van der Waals surface area contributed by atoms with Crippen LogP contribution in [0.2, 0.25) is 0 Å². The fourth-order valence-electron chi connectivity index (χ4n) is 2.12. The molecule has 0 radical (unpaired) electrons. The SMILES string of the molecule is O=C(NCc1ccco1)C1CCCN1C(=O)CCl. The maximum absolute atomic E-state index is 12.0. The zero-order chi connectivity index (χ0) is 13.0. The van der Waals surface area contributed by atoms with E-state index in [0.29, 0.717) is 25.3 Å². The summed E-state index contributed by atoms with van der Waals surface area (Å²) in [5.41, 5.74) is 0. The third-order valence-electron chi connectivity index (χ3n) is 3.01. The summed E-state index contributed by atoms with van der Waals surface area (Å²) in [5, 5.41) is 2.77. The standard InChI is InChI=1S/C12H15ClN2O3/c13-7-11(16)15-5-1-4-10(15)12(17)14-8-9-3-2-6-18-9/h2-3,6,10H,1,4-5,7-8H2,(H,14,17). The first-order valence-electron chi connectivity index (χ1n) is 5.88. The number of nitrogens with one attached hydrogen (secondary N) is 1. The molecule has 5 nitrogen and oxygen atoms in total. The summed E-state index contributed by atoms with van der Waals surface area (Å²) in [4.78, 5) is 25.1. The van der Waals surface area contributed by atoms with Crippen LogP contribution in [0.25, 0.3) is 0 Å². The number of nitrogens with zero attached hydrogens (tertiary/aromatic N) is 1. The van der Waals surface area contributed by atoms with Gasteiger partial charge in [0.25, 0.3) is 0 Å². The first-order valence-corrected chi connectivity index (χ1v) is 6.41. The number of halogens is 1. The number of furan rings is 1. The number of alkyl halides is 1. The van der Waals surface area contributed by atoms with E-state index in [-0.39, 0.29) is 17.7 Å². The Bertz CT molecular complexity index is 419. The number of likely N-dealkylation sites (tertiary alicyclic amines) is 1. The van der Waals surface area contributed by atoms with Crippen LogP contribution >= 0.6 is 11.6 Å². The molecule has 1 aliphatic heterocycles. The Kier molecular flexibility index (Phi) is 4.25. The van der Waals surface area contributed by atoms with Crippen LogP contribution in [0.3, 0.4) is 0 Å². The first-order chi connectivity index (χ1) is 8.72. The van der Waals surface area contributed by atoms with Crippen LogP contribution < -0.4 is 5.32 Å². The van der Waals surface area contributed by atoms with Gasteiger partial charge in [-0.2, -0.15) is 0 Å². The smallest absolute Gasteiger partial charge is 0.243 e. The van der Waals surface area contributed by atoms with Gasteiger partial charge in [-0.3, -0.25) is 9.59 Å². The molecule has 0 aliphatic carbocycles. The summed E-state index contributed by atoms with van der Waals surface area (Å²) < 4.78 is 5.13. The van der Waals surface area contributed by atoms with Crippen molar-refractivity contribution in [1.82, 2.24) is 10.2 Å². The van der Waals surface area contributed by atoms with E-state index in [1.807, 2.05) is 0 Å². The summed E-state index contributed by atoms with van der Waals surface area (Å²) in [6.45, 7) is 0.940. The van der Waals surface area contributed by atoms with Crippen molar-refractivity contribution in [3.63, 3.8) is 0 Å². The van der Waals surface area contributed by atoms with Gasteiger partial charge in [0.2, 0.25) is 11.8 Å². The third-order valence-corrected chi connectivity index (χ3v) is 3.24. The molecule has 2 heterocycles. The number of hydrogen-bond donors (Lipinski definition) is 1. The largest absolute Gasteiger partial charge is 0.467 e. The quantitative estimate of drug-likeness (QED) is 0.834. The summed E-state index contributed by atoms with van der Waals surface area (Å²) >= 11 is 5.52. The molecule has 1 atom stereocenters. The van der Waals surface area contributed by atoms with Crippen molar-refractivity contribution in [3.05, 3.63) is 24.2 Å². The van der Waals surface area contributed by atoms with Crippen molar-refractivity contribution in [2.24, 2.45) is 0 Å². The van der Waals surface area contributed by atoms with Crippen LogP contribution in [0.1, 0.15) is 18.6 Å². The van der Waals surface area contributed by atoms with Crippen molar-refractivity contribution in [2.75, 3.05) is 12.4 Å². The second kappa shape index (κ2) is 5.91. The fraction of sp³-hybridized carbons (Fsp3) is 0.500. The Labute approximate surface area is 110 Å². The van der Waals surface area contributed by atoms with Crippen molar-refractivity contribution in [2.45, 2.75) is 25.4 Å². The molecule has 1 aliphatic rings.